The largest absolute Gasteiger partial charge is 0.456 e. The zero-order chi connectivity index (χ0) is 37.7. The van der Waals surface area contributed by atoms with E-state index >= 15 is 0 Å². The molecule has 57 heavy (non-hydrogen) atoms. The van der Waals surface area contributed by atoms with Crippen molar-refractivity contribution in [3.05, 3.63) is 212 Å². The molecule has 2 aromatic heterocycles. The maximum Gasteiger partial charge on any atom is 0.143 e. The molecule has 0 amide bonds. The van der Waals surface area contributed by atoms with Crippen molar-refractivity contribution in [2.75, 3.05) is 4.90 Å². The summed E-state index contributed by atoms with van der Waals surface area (Å²) in [5.41, 5.74) is 16.0. The summed E-state index contributed by atoms with van der Waals surface area (Å²) < 4.78 is 12.7. The predicted octanol–water partition coefficient (Wildman–Crippen LogP) is 15.6. The topological polar surface area (TPSA) is 29.5 Å². The van der Waals surface area contributed by atoms with Gasteiger partial charge in [-0.2, -0.15) is 0 Å². The molecule has 0 N–H and O–H groups in total. The fraction of sp³-hybridized carbons (Fsp3) is 0. The standard InChI is InChI=1S/C54H35NO2/c1-3-11-36(12-4-1)40-15-9-16-45(33-40)55(44-29-23-38(24-30-44)42-25-31-48-47-17-7-8-20-51(47)56-53(48)35-42)43-27-21-37(22-28-43)41-26-32-52-50(34-41)49-19-10-18-46(54(49)57-52)39-13-5-2-6-14-39/h1-35H. The third kappa shape index (κ3) is 5.85. The van der Waals surface area contributed by atoms with Crippen molar-refractivity contribution in [2.45, 2.75) is 0 Å². The van der Waals surface area contributed by atoms with E-state index in [4.69, 9.17) is 8.83 Å². The zero-order valence-electron chi connectivity index (χ0n) is 31.0. The Morgan fingerprint density at radius 1 is 0.263 bits per heavy atom. The lowest BCUT2D eigenvalue weighted by atomic mass is 9.99. The Bertz CT molecular complexity index is 3210. The van der Waals surface area contributed by atoms with Crippen LogP contribution in [0.3, 0.4) is 0 Å². The number of furan rings is 2. The number of anilines is 3. The van der Waals surface area contributed by atoms with E-state index < -0.39 is 0 Å². The third-order valence-corrected chi connectivity index (χ3v) is 11.1. The molecule has 0 saturated heterocycles. The SMILES string of the molecule is c1ccc(-c2cccc(N(c3ccc(-c4ccc5c(c4)oc4ccccc45)cc3)c3ccc(-c4ccc5oc6c(-c7ccccc7)cccc6c5c4)cc3)c2)cc1. The highest BCUT2D eigenvalue weighted by atomic mass is 16.3. The smallest absolute Gasteiger partial charge is 0.143 e. The summed E-state index contributed by atoms with van der Waals surface area (Å²) in [5.74, 6) is 0. The lowest BCUT2D eigenvalue weighted by Gasteiger charge is -2.26. The first kappa shape index (κ1) is 32.8. The molecule has 3 nitrogen and oxygen atoms in total. The monoisotopic (exact) mass is 729 g/mol. The van der Waals surface area contributed by atoms with Crippen LogP contribution in [0.5, 0.6) is 0 Å². The Labute approximate surface area is 330 Å². The second kappa shape index (κ2) is 13.6. The number of hydrogen-bond acceptors (Lipinski definition) is 3. The number of nitrogens with zero attached hydrogens (tertiary/aromatic N) is 1. The summed E-state index contributed by atoms with van der Waals surface area (Å²) in [6.07, 6.45) is 0. The molecule has 2 heterocycles. The molecular formula is C54H35NO2. The normalized spacial score (nSPS) is 11.5. The van der Waals surface area contributed by atoms with Crippen molar-refractivity contribution in [3.63, 3.8) is 0 Å². The van der Waals surface area contributed by atoms with Crippen molar-refractivity contribution < 1.29 is 8.83 Å². The summed E-state index contributed by atoms with van der Waals surface area (Å²) >= 11 is 0. The van der Waals surface area contributed by atoms with Crippen molar-refractivity contribution in [1.29, 1.82) is 0 Å². The molecule has 0 aliphatic carbocycles. The van der Waals surface area contributed by atoms with E-state index in [9.17, 15) is 0 Å². The van der Waals surface area contributed by atoms with Gasteiger partial charge in [-0.05, 0) is 106 Å². The van der Waals surface area contributed by atoms with E-state index in [-0.39, 0.29) is 0 Å². The average Bonchev–Trinajstić information content (AvgIpc) is 3.85. The molecule has 0 fully saturated rings. The Kier molecular flexibility index (Phi) is 7.82. The van der Waals surface area contributed by atoms with Gasteiger partial charge in [0.1, 0.15) is 22.3 Å². The maximum absolute atomic E-state index is 6.48. The molecule has 0 aliphatic heterocycles. The minimum atomic E-state index is 0.888. The van der Waals surface area contributed by atoms with Crippen LogP contribution in [0, 0.1) is 0 Å². The van der Waals surface area contributed by atoms with E-state index in [0.717, 1.165) is 94.3 Å². The van der Waals surface area contributed by atoms with E-state index in [1.807, 2.05) is 18.2 Å². The summed E-state index contributed by atoms with van der Waals surface area (Å²) in [7, 11) is 0. The van der Waals surface area contributed by atoms with Gasteiger partial charge in [-0.25, -0.2) is 0 Å². The predicted molar refractivity (Wildman–Crippen MR) is 237 cm³/mol. The van der Waals surface area contributed by atoms with Gasteiger partial charge >= 0.3 is 0 Å². The van der Waals surface area contributed by atoms with Crippen LogP contribution in [0.25, 0.3) is 88.4 Å². The van der Waals surface area contributed by atoms with Crippen LogP contribution in [-0.2, 0) is 0 Å². The summed E-state index contributed by atoms with van der Waals surface area (Å²) in [6, 6.07) is 75.1. The molecule has 0 spiro atoms. The van der Waals surface area contributed by atoms with E-state index in [0.29, 0.717) is 0 Å². The number of benzene rings is 9. The lowest BCUT2D eigenvalue weighted by molar-refractivity contribution is 0.669. The number of fused-ring (bicyclic) bond motifs is 6. The van der Waals surface area contributed by atoms with Gasteiger partial charge in [0, 0.05) is 44.2 Å². The molecule has 9 aromatic carbocycles. The quantitative estimate of drug-likeness (QED) is 0.164. The van der Waals surface area contributed by atoms with Gasteiger partial charge in [-0.15, -0.1) is 0 Å². The first-order chi connectivity index (χ1) is 28.2. The van der Waals surface area contributed by atoms with Crippen LogP contribution in [0.2, 0.25) is 0 Å². The van der Waals surface area contributed by atoms with Crippen LogP contribution in [0.15, 0.2) is 221 Å². The van der Waals surface area contributed by atoms with Gasteiger partial charge < -0.3 is 13.7 Å². The Morgan fingerprint density at radius 2 is 0.789 bits per heavy atom. The number of para-hydroxylation sites is 2. The zero-order valence-corrected chi connectivity index (χ0v) is 31.0. The highest BCUT2D eigenvalue weighted by Crippen LogP contribution is 2.41. The minimum Gasteiger partial charge on any atom is -0.456 e. The molecule has 268 valence electrons. The van der Waals surface area contributed by atoms with Crippen molar-refractivity contribution >= 4 is 60.9 Å². The van der Waals surface area contributed by atoms with Gasteiger partial charge in [-0.1, -0.05) is 146 Å². The third-order valence-electron chi connectivity index (χ3n) is 11.1. The molecule has 0 unspecified atom stereocenters. The maximum atomic E-state index is 6.48. The average molecular weight is 730 g/mol. The molecule has 11 rings (SSSR count). The second-order valence-corrected chi connectivity index (χ2v) is 14.5. The highest BCUT2D eigenvalue weighted by Gasteiger charge is 2.17. The molecule has 0 bridgehead atoms. The Morgan fingerprint density at radius 3 is 1.54 bits per heavy atom. The Balaban J connectivity index is 0.966. The molecule has 0 aliphatic rings. The first-order valence-corrected chi connectivity index (χ1v) is 19.3. The van der Waals surface area contributed by atoms with Crippen molar-refractivity contribution in [3.8, 4) is 44.5 Å². The van der Waals surface area contributed by atoms with Crippen LogP contribution >= 0.6 is 0 Å². The molecule has 11 aromatic rings. The van der Waals surface area contributed by atoms with Crippen LogP contribution in [0.1, 0.15) is 0 Å². The molecule has 3 heteroatoms. The highest BCUT2D eigenvalue weighted by molar-refractivity contribution is 6.10. The lowest BCUT2D eigenvalue weighted by Crippen LogP contribution is -2.10. The van der Waals surface area contributed by atoms with Crippen molar-refractivity contribution in [2.24, 2.45) is 0 Å². The van der Waals surface area contributed by atoms with Crippen LogP contribution < -0.4 is 4.90 Å². The van der Waals surface area contributed by atoms with Crippen LogP contribution in [-0.4, -0.2) is 0 Å². The molecule has 0 saturated carbocycles. The Hall–Kier alpha value is -7.62. The van der Waals surface area contributed by atoms with E-state index in [1.165, 1.54) is 11.1 Å². The van der Waals surface area contributed by atoms with Gasteiger partial charge in [-0.3, -0.25) is 0 Å². The summed E-state index contributed by atoms with van der Waals surface area (Å²) in [4.78, 5) is 2.33. The fourth-order valence-electron chi connectivity index (χ4n) is 8.24. The fourth-order valence-corrected chi connectivity index (χ4v) is 8.24. The van der Waals surface area contributed by atoms with Gasteiger partial charge in [0.2, 0.25) is 0 Å². The van der Waals surface area contributed by atoms with E-state index in [2.05, 4.69) is 199 Å². The first-order valence-electron chi connectivity index (χ1n) is 19.3. The number of rotatable bonds is 7. The summed E-state index contributed by atoms with van der Waals surface area (Å²) in [6.45, 7) is 0. The van der Waals surface area contributed by atoms with Crippen LogP contribution in [0.4, 0.5) is 17.1 Å². The van der Waals surface area contributed by atoms with E-state index in [1.54, 1.807) is 0 Å². The van der Waals surface area contributed by atoms with Gasteiger partial charge in [0.15, 0.2) is 0 Å². The molecular weight excluding hydrogens is 695 g/mol. The minimum absolute atomic E-state index is 0.888. The number of hydrogen-bond donors (Lipinski definition) is 0. The van der Waals surface area contributed by atoms with Gasteiger partial charge in [0.05, 0.1) is 0 Å². The molecule has 0 atom stereocenters. The molecule has 0 radical (unpaired) electrons. The summed E-state index contributed by atoms with van der Waals surface area (Å²) in [5, 5.41) is 4.51. The van der Waals surface area contributed by atoms with Gasteiger partial charge in [0.25, 0.3) is 0 Å². The second-order valence-electron chi connectivity index (χ2n) is 14.5. The van der Waals surface area contributed by atoms with Crippen molar-refractivity contribution in [1.82, 2.24) is 0 Å².